The van der Waals surface area contributed by atoms with E-state index in [0.717, 1.165) is 32.4 Å². The number of piperidine rings is 1. The van der Waals surface area contributed by atoms with E-state index in [9.17, 15) is 4.79 Å². The van der Waals surface area contributed by atoms with Crippen LogP contribution >= 0.6 is 12.4 Å². The van der Waals surface area contributed by atoms with E-state index in [2.05, 4.69) is 4.98 Å². The number of rotatable bonds is 3. The number of nitrogens with two attached hydrogens (primary N) is 1. The third-order valence-corrected chi connectivity index (χ3v) is 3.48. The summed E-state index contributed by atoms with van der Waals surface area (Å²) in [6.45, 7) is 5.85. The first-order valence-electron chi connectivity index (χ1n) is 6.55. The summed E-state index contributed by atoms with van der Waals surface area (Å²) in [5, 5.41) is 0. The monoisotopic (exact) mass is 287 g/mol. The Labute approximate surface area is 120 Å². The number of carbonyl (C=O) groups excluding carboxylic acids is 1. The molecule has 1 aromatic rings. The number of amides is 1. The molecule has 0 aliphatic carbocycles. The third-order valence-electron chi connectivity index (χ3n) is 3.48. The van der Waals surface area contributed by atoms with Crippen LogP contribution in [0.1, 0.15) is 41.4 Å². The zero-order chi connectivity index (χ0) is 13.1. The average Bonchev–Trinajstić information content (AvgIpc) is 2.68. The van der Waals surface area contributed by atoms with Gasteiger partial charge in [-0.25, -0.2) is 4.98 Å². The molecule has 108 valence electrons. The van der Waals surface area contributed by atoms with Crippen molar-refractivity contribution in [2.24, 2.45) is 11.7 Å². The summed E-state index contributed by atoms with van der Waals surface area (Å²) < 4.78 is 5.40. The molecule has 0 radical (unpaired) electrons. The van der Waals surface area contributed by atoms with Crippen LogP contribution in [0.4, 0.5) is 0 Å². The number of oxazole rings is 1. The number of likely N-dealkylation sites (tertiary alicyclic amines) is 1. The molecule has 1 amide bonds. The first-order valence-corrected chi connectivity index (χ1v) is 6.55. The highest BCUT2D eigenvalue weighted by atomic mass is 35.5. The molecule has 1 fully saturated rings. The molecular weight excluding hydrogens is 266 g/mol. The zero-order valence-electron chi connectivity index (χ0n) is 11.5. The molecule has 1 unspecified atom stereocenters. The van der Waals surface area contributed by atoms with Gasteiger partial charge in [-0.3, -0.25) is 4.79 Å². The Morgan fingerprint density at radius 1 is 1.53 bits per heavy atom. The van der Waals surface area contributed by atoms with Gasteiger partial charge in [0.25, 0.3) is 5.91 Å². The molecule has 0 spiro atoms. The first-order chi connectivity index (χ1) is 8.61. The summed E-state index contributed by atoms with van der Waals surface area (Å²) in [7, 11) is 0. The second-order valence-corrected chi connectivity index (χ2v) is 4.98. The van der Waals surface area contributed by atoms with Crippen LogP contribution in [0.25, 0.3) is 0 Å². The van der Waals surface area contributed by atoms with E-state index in [1.54, 1.807) is 6.92 Å². The third kappa shape index (κ3) is 3.70. The van der Waals surface area contributed by atoms with Crippen LogP contribution in [0.2, 0.25) is 0 Å². The van der Waals surface area contributed by atoms with Crippen LogP contribution in [0, 0.1) is 19.8 Å². The number of carbonyl (C=O) groups is 1. The van der Waals surface area contributed by atoms with Crippen molar-refractivity contribution in [3.8, 4) is 0 Å². The molecule has 1 aliphatic rings. The van der Waals surface area contributed by atoms with Crippen molar-refractivity contribution in [2.45, 2.75) is 33.1 Å². The Balaban J connectivity index is 0.00000180. The van der Waals surface area contributed by atoms with Gasteiger partial charge in [-0.1, -0.05) is 0 Å². The summed E-state index contributed by atoms with van der Waals surface area (Å²) in [5.74, 6) is 1.43. The Hall–Kier alpha value is -1.07. The van der Waals surface area contributed by atoms with E-state index < -0.39 is 0 Å². The summed E-state index contributed by atoms with van der Waals surface area (Å²) in [4.78, 5) is 18.4. The van der Waals surface area contributed by atoms with Crippen LogP contribution in [-0.4, -0.2) is 35.4 Å². The van der Waals surface area contributed by atoms with Crippen molar-refractivity contribution in [2.75, 3.05) is 19.6 Å². The van der Waals surface area contributed by atoms with Crippen molar-refractivity contribution >= 4 is 18.3 Å². The smallest absolute Gasteiger partial charge is 0.291 e. The van der Waals surface area contributed by atoms with Gasteiger partial charge in [-0.05, 0) is 38.6 Å². The standard InChI is InChI=1S/C13H21N3O2.ClH/c1-9-12(18-10(2)15-9)13(17)16-7-3-4-11(8-16)5-6-14;/h11H,3-8,14H2,1-2H3;1H. The maximum absolute atomic E-state index is 12.3. The molecule has 5 nitrogen and oxygen atoms in total. The van der Waals surface area contributed by atoms with Gasteiger partial charge in [0.1, 0.15) is 0 Å². The highest BCUT2D eigenvalue weighted by molar-refractivity contribution is 5.92. The highest BCUT2D eigenvalue weighted by Gasteiger charge is 2.27. The lowest BCUT2D eigenvalue weighted by Gasteiger charge is -2.32. The van der Waals surface area contributed by atoms with E-state index in [0.29, 0.717) is 29.8 Å². The number of hydrogen-bond donors (Lipinski definition) is 1. The number of nitrogens with zero attached hydrogens (tertiary/aromatic N) is 2. The topological polar surface area (TPSA) is 72.4 Å². The number of hydrogen-bond acceptors (Lipinski definition) is 4. The summed E-state index contributed by atoms with van der Waals surface area (Å²) in [6, 6.07) is 0. The Bertz CT molecular complexity index is 432. The quantitative estimate of drug-likeness (QED) is 0.922. The minimum atomic E-state index is -0.0326. The molecule has 2 heterocycles. The van der Waals surface area contributed by atoms with E-state index in [4.69, 9.17) is 10.2 Å². The van der Waals surface area contributed by atoms with Crippen LogP contribution < -0.4 is 5.73 Å². The van der Waals surface area contributed by atoms with Gasteiger partial charge >= 0.3 is 0 Å². The van der Waals surface area contributed by atoms with Gasteiger partial charge in [0.2, 0.25) is 5.76 Å². The van der Waals surface area contributed by atoms with Crippen molar-refractivity contribution in [1.82, 2.24) is 9.88 Å². The molecule has 19 heavy (non-hydrogen) atoms. The molecule has 1 aliphatic heterocycles. The second-order valence-electron chi connectivity index (χ2n) is 4.98. The van der Waals surface area contributed by atoms with Crippen molar-refractivity contribution < 1.29 is 9.21 Å². The number of aryl methyl sites for hydroxylation is 2. The van der Waals surface area contributed by atoms with E-state index >= 15 is 0 Å². The fraction of sp³-hybridized carbons (Fsp3) is 0.692. The van der Waals surface area contributed by atoms with E-state index in [1.165, 1.54) is 0 Å². The summed E-state index contributed by atoms with van der Waals surface area (Å²) in [6.07, 6.45) is 3.19. The van der Waals surface area contributed by atoms with Crippen LogP contribution in [0.5, 0.6) is 0 Å². The zero-order valence-corrected chi connectivity index (χ0v) is 12.3. The Morgan fingerprint density at radius 3 is 2.84 bits per heavy atom. The normalized spacial score (nSPS) is 19.1. The fourth-order valence-electron chi connectivity index (χ4n) is 2.59. The SMILES string of the molecule is Cc1nc(C)c(C(=O)N2CCCC(CCN)C2)o1.Cl. The Morgan fingerprint density at radius 2 is 2.26 bits per heavy atom. The molecule has 2 rings (SSSR count). The minimum absolute atomic E-state index is 0. The molecule has 1 saturated heterocycles. The van der Waals surface area contributed by atoms with Gasteiger partial charge in [0.15, 0.2) is 5.89 Å². The number of halogens is 1. The van der Waals surface area contributed by atoms with Crippen LogP contribution in [-0.2, 0) is 0 Å². The first kappa shape index (κ1) is 16.0. The van der Waals surface area contributed by atoms with Gasteiger partial charge < -0.3 is 15.1 Å². The molecule has 0 bridgehead atoms. The number of aromatic nitrogens is 1. The summed E-state index contributed by atoms with van der Waals surface area (Å²) >= 11 is 0. The average molecular weight is 288 g/mol. The lowest BCUT2D eigenvalue weighted by molar-refractivity contribution is 0.0635. The fourth-order valence-corrected chi connectivity index (χ4v) is 2.59. The van der Waals surface area contributed by atoms with Gasteiger partial charge in [-0.2, -0.15) is 0 Å². The molecule has 1 aromatic heterocycles. The maximum Gasteiger partial charge on any atom is 0.291 e. The molecule has 2 N–H and O–H groups in total. The largest absolute Gasteiger partial charge is 0.436 e. The van der Waals surface area contributed by atoms with Crippen LogP contribution in [0.15, 0.2) is 4.42 Å². The van der Waals surface area contributed by atoms with Crippen LogP contribution in [0.3, 0.4) is 0 Å². The lowest BCUT2D eigenvalue weighted by Crippen LogP contribution is -2.40. The van der Waals surface area contributed by atoms with E-state index in [1.807, 2.05) is 11.8 Å². The van der Waals surface area contributed by atoms with Crippen molar-refractivity contribution in [1.29, 1.82) is 0 Å². The molecule has 0 aromatic carbocycles. The maximum atomic E-state index is 12.3. The molecule has 1 atom stereocenters. The minimum Gasteiger partial charge on any atom is -0.436 e. The molecular formula is C13H22ClN3O2. The van der Waals surface area contributed by atoms with Gasteiger partial charge in [0, 0.05) is 20.0 Å². The predicted octanol–water partition coefficient (Wildman–Crippen LogP) is 1.91. The highest BCUT2D eigenvalue weighted by Crippen LogP contribution is 2.22. The van der Waals surface area contributed by atoms with Gasteiger partial charge in [-0.15, -0.1) is 12.4 Å². The molecule has 0 saturated carbocycles. The van der Waals surface area contributed by atoms with E-state index in [-0.39, 0.29) is 18.3 Å². The van der Waals surface area contributed by atoms with Gasteiger partial charge in [0.05, 0.1) is 5.69 Å². The lowest BCUT2D eigenvalue weighted by atomic mass is 9.94. The summed E-state index contributed by atoms with van der Waals surface area (Å²) in [5.41, 5.74) is 6.27. The second kappa shape index (κ2) is 6.91. The molecule has 6 heteroatoms. The predicted molar refractivity (Wildman–Crippen MR) is 75.5 cm³/mol. The van der Waals surface area contributed by atoms with Crippen molar-refractivity contribution in [3.63, 3.8) is 0 Å². The Kier molecular flexibility index (Phi) is 5.82. The van der Waals surface area contributed by atoms with Crippen molar-refractivity contribution in [3.05, 3.63) is 17.3 Å².